The molecule has 1 aromatic carbocycles. The number of piperidine rings is 1. The molecule has 0 aliphatic carbocycles. The summed E-state index contributed by atoms with van der Waals surface area (Å²) in [6.07, 6.45) is 6.01. The number of hydrogen-bond donors (Lipinski definition) is 0. The molecule has 0 atom stereocenters. The van der Waals surface area contributed by atoms with Gasteiger partial charge in [0, 0.05) is 57.1 Å². The maximum Gasteiger partial charge on any atom is 0.225 e. The van der Waals surface area contributed by atoms with E-state index in [1.54, 1.807) is 5.56 Å². The molecule has 2 aromatic rings. The van der Waals surface area contributed by atoms with Crippen molar-refractivity contribution in [1.29, 1.82) is 0 Å². The highest BCUT2D eigenvalue weighted by atomic mass is 15.3. The van der Waals surface area contributed by atoms with Crippen molar-refractivity contribution >= 4 is 5.95 Å². The van der Waals surface area contributed by atoms with E-state index in [2.05, 4.69) is 63.0 Å². The molecule has 26 heavy (non-hydrogen) atoms. The summed E-state index contributed by atoms with van der Waals surface area (Å²) >= 11 is 0. The second-order valence-electron chi connectivity index (χ2n) is 7.99. The average molecular weight is 351 g/mol. The molecule has 1 spiro atoms. The Balaban J connectivity index is 1.54. The lowest BCUT2D eigenvalue weighted by Crippen LogP contribution is -2.53. The summed E-state index contributed by atoms with van der Waals surface area (Å²) in [4.78, 5) is 16.2. The van der Waals surface area contributed by atoms with Gasteiger partial charge < -0.3 is 9.80 Å². The van der Waals surface area contributed by atoms with Gasteiger partial charge in [0.1, 0.15) is 0 Å². The fraction of sp³-hybridized carbons (Fsp3) is 0.524. The molecule has 0 bridgehead atoms. The molecule has 5 nitrogen and oxygen atoms in total. The maximum absolute atomic E-state index is 4.44. The zero-order valence-corrected chi connectivity index (χ0v) is 15.9. The molecule has 2 aliphatic rings. The molecule has 0 amide bonds. The third-order valence-corrected chi connectivity index (χ3v) is 5.93. The first-order valence-electron chi connectivity index (χ1n) is 9.64. The van der Waals surface area contributed by atoms with E-state index in [4.69, 9.17) is 0 Å². The fourth-order valence-corrected chi connectivity index (χ4v) is 4.50. The molecule has 1 fully saturated rings. The first-order valence-corrected chi connectivity index (χ1v) is 9.64. The Hall–Kier alpha value is -1.98. The number of nitrogens with zero attached hydrogens (tertiary/aromatic N) is 5. The Morgan fingerprint density at radius 2 is 1.77 bits per heavy atom. The number of aromatic nitrogens is 2. The summed E-state index contributed by atoms with van der Waals surface area (Å²) in [5, 5.41) is 0. The van der Waals surface area contributed by atoms with E-state index in [9.17, 15) is 0 Å². The van der Waals surface area contributed by atoms with E-state index in [1.165, 1.54) is 24.9 Å². The van der Waals surface area contributed by atoms with Crippen molar-refractivity contribution in [2.45, 2.75) is 24.8 Å². The second-order valence-corrected chi connectivity index (χ2v) is 7.99. The van der Waals surface area contributed by atoms with Crippen LogP contribution in [0.4, 0.5) is 5.95 Å². The summed E-state index contributed by atoms with van der Waals surface area (Å²) in [5.74, 6) is 0.871. The van der Waals surface area contributed by atoms with Crippen LogP contribution in [0.3, 0.4) is 0 Å². The van der Waals surface area contributed by atoms with Crippen LogP contribution >= 0.6 is 0 Å². The smallest absolute Gasteiger partial charge is 0.225 e. The minimum atomic E-state index is 0.270. The van der Waals surface area contributed by atoms with Gasteiger partial charge in [-0.2, -0.15) is 0 Å². The Labute approximate surface area is 156 Å². The van der Waals surface area contributed by atoms with Crippen molar-refractivity contribution < 1.29 is 0 Å². The standard InChI is InChI=1S/C21H29N5/c1-24(2)14-15-25-16-18-6-3-4-7-19(18)21(17-25)8-12-26(13-9-21)20-22-10-5-11-23-20/h3-7,10-11H,8-9,12-17H2,1-2H3. The van der Waals surface area contributed by atoms with Crippen LogP contribution in [0.1, 0.15) is 24.0 Å². The van der Waals surface area contributed by atoms with Crippen molar-refractivity contribution in [2.24, 2.45) is 0 Å². The van der Waals surface area contributed by atoms with Crippen LogP contribution in [0.15, 0.2) is 42.7 Å². The molecule has 3 heterocycles. The highest BCUT2D eigenvalue weighted by Crippen LogP contribution is 2.42. The third-order valence-electron chi connectivity index (χ3n) is 5.93. The molecule has 1 saturated heterocycles. The fourth-order valence-electron chi connectivity index (χ4n) is 4.50. The number of rotatable bonds is 4. The van der Waals surface area contributed by atoms with Crippen molar-refractivity contribution in [2.75, 3.05) is 51.7 Å². The molecular weight excluding hydrogens is 322 g/mol. The predicted molar refractivity (Wildman–Crippen MR) is 105 cm³/mol. The minimum absolute atomic E-state index is 0.270. The first kappa shape index (κ1) is 17.4. The van der Waals surface area contributed by atoms with Gasteiger partial charge in [0.15, 0.2) is 0 Å². The van der Waals surface area contributed by atoms with Gasteiger partial charge in [0.25, 0.3) is 0 Å². The molecular formula is C21H29N5. The predicted octanol–water partition coefficient (Wildman–Crippen LogP) is 2.39. The van der Waals surface area contributed by atoms with Gasteiger partial charge >= 0.3 is 0 Å². The SMILES string of the molecule is CN(C)CCN1Cc2ccccc2C2(CCN(c3ncccn3)CC2)C1. The van der Waals surface area contributed by atoms with E-state index in [0.717, 1.165) is 38.7 Å². The van der Waals surface area contributed by atoms with Crippen LogP contribution in [0.2, 0.25) is 0 Å². The molecule has 0 saturated carbocycles. The molecule has 0 radical (unpaired) electrons. The van der Waals surface area contributed by atoms with Crippen molar-refractivity contribution in [3.05, 3.63) is 53.9 Å². The van der Waals surface area contributed by atoms with Gasteiger partial charge in [0.2, 0.25) is 5.95 Å². The van der Waals surface area contributed by atoms with Crippen LogP contribution in [0.25, 0.3) is 0 Å². The third kappa shape index (κ3) is 3.46. The van der Waals surface area contributed by atoms with E-state index >= 15 is 0 Å². The number of benzene rings is 1. The van der Waals surface area contributed by atoms with Crippen LogP contribution in [-0.4, -0.2) is 66.6 Å². The van der Waals surface area contributed by atoms with Crippen molar-refractivity contribution in [1.82, 2.24) is 19.8 Å². The first-order chi connectivity index (χ1) is 12.7. The van der Waals surface area contributed by atoms with Gasteiger partial charge in [-0.25, -0.2) is 9.97 Å². The van der Waals surface area contributed by atoms with Gasteiger partial charge in [-0.05, 0) is 44.1 Å². The largest absolute Gasteiger partial charge is 0.341 e. The van der Waals surface area contributed by atoms with Gasteiger partial charge in [-0.15, -0.1) is 0 Å². The van der Waals surface area contributed by atoms with Crippen molar-refractivity contribution in [3.8, 4) is 0 Å². The number of likely N-dealkylation sites (N-methyl/N-ethyl adjacent to an activating group) is 1. The second kappa shape index (κ2) is 7.33. The van der Waals surface area contributed by atoms with Crippen LogP contribution in [0.5, 0.6) is 0 Å². The lowest BCUT2D eigenvalue weighted by molar-refractivity contribution is 0.142. The Kier molecular flexibility index (Phi) is 4.92. The highest BCUT2D eigenvalue weighted by Gasteiger charge is 2.42. The lowest BCUT2D eigenvalue weighted by Gasteiger charge is -2.49. The Morgan fingerprint density at radius 1 is 1.04 bits per heavy atom. The number of hydrogen-bond acceptors (Lipinski definition) is 5. The molecule has 1 aromatic heterocycles. The highest BCUT2D eigenvalue weighted by molar-refractivity contribution is 5.40. The summed E-state index contributed by atoms with van der Waals surface area (Å²) in [6.45, 7) is 6.55. The van der Waals surface area contributed by atoms with Crippen LogP contribution < -0.4 is 4.90 Å². The summed E-state index contributed by atoms with van der Waals surface area (Å²) in [7, 11) is 4.32. The number of fused-ring (bicyclic) bond motifs is 2. The zero-order valence-electron chi connectivity index (χ0n) is 15.9. The molecule has 0 N–H and O–H groups in total. The lowest BCUT2D eigenvalue weighted by atomic mass is 9.69. The topological polar surface area (TPSA) is 35.5 Å². The minimum Gasteiger partial charge on any atom is -0.341 e. The van der Waals surface area contributed by atoms with E-state index in [-0.39, 0.29) is 5.41 Å². The van der Waals surface area contributed by atoms with Crippen LogP contribution in [-0.2, 0) is 12.0 Å². The monoisotopic (exact) mass is 351 g/mol. The normalized spacial score (nSPS) is 19.7. The molecule has 0 unspecified atom stereocenters. The van der Waals surface area contributed by atoms with Crippen LogP contribution in [0, 0.1) is 0 Å². The van der Waals surface area contributed by atoms with E-state index in [1.807, 2.05) is 18.5 Å². The molecule has 138 valence electrons. The summed E-state index contributed by atoms with van der Waals surface area (Å²) in [5.41, 5.74) is 3.36. The molecule has 4 rings (SSSR count). The van der Waals surface area contributed by atoms with E-state index < -0.39 is 0 Å². The summed E-state index contributed by atoms with van der Waals surface area (Å²) in [6, 6.07) is 11.0. The Bertz CT molecular complexity index is 722. The molecule has 5 heteroatoms. The molecule has 2 aliphatic heterocycles. The quantitative estimate of drug-likeness (QED) is 0.845. The zero-order chi connectivity index (χ0) is 18.0. The van der Waals surface area contributed by atoms with Gasteiger partial charge in [-0.3, -0.25) is 4.90 Å². The van der Waals surface area contributed by atoms with Gasteiger partial charge in [0.05, 0.1) is 0 Å². The number of anilines is 1. The summed E-state index contributed by atoms with van der Waals surface area (Å²) < 4.78 is 0. The van der Waals surface area contributed by atoms with Crippen molar-refractivity contribution in [3.63, 3.8) is 0 Å². The maximum atomic E-state index is 4.44. The van der Waals surface area contributed by atoms with Gasteiger partial charge in [-0.1, -0.05) is 24.3 Å². The Morgan fingerprint density at radius 3 is 2.50 bits per heavy atom. The average Bonchev–Trinajstić information content (AvgIpc) is 2.68. The van der Waals surface area contributed by atoms with E-state index in [0.29, 0.717) is 0 Å².